The summed E-state index contributed by atoms with van der Waals surface area (Å²) in [6.07, 6.45) is -25.5. The van der Waals surface area contributed by atoms with Gasteiger partial charge in [0.25, 0.3) is 16.7 Å². The first-order valence-electron chi connectivity index (χ1n) is 65.4. The minimum atomic E-state index is -5.41. The van der Waals surface area contributed by atoms with Crippen molar-refractivity contribution in [3.8, 4) is 33.4 Å². The van der Waals surface area contributed by atoms with Crippen LogP contribution in [-0.2, 0) is 121 Å². The number of hydrogen-bond donors (Lipinski definition) is 0. The van der Waals surface area contributed by atoms with Gasteiger partial charge in [0.15, 0.2) is 15.5 Å². The van der Waals surface area contributed by atoms with Crippen molar-refractivity contribution in [1.29, 1.82) is 0 Å². The highest BCUT2D eigenvalue weighted by molar-refractivity contribution is 7.98. The van der Waals surface area contributed by atoms with E-state index in [1.165, 1.54) is 84.3 Å². The van der Waals surface area contributed by atoms with Crippen molar-refractivity contribution in [3.63, 3.8) is 0 Å². The van der Waals surface area contributed by atoms with Crippen molar-refractivity contribution >= 4 is 53.0 Å². The molecule has 18 nitrogen and oxygen atoms in total. The van der Waals surface area contributed by atoms with Crippen molar-refractivity contribution < 1.29 is 126 Å². The highest BCUT2D eigenvalue weighted by atomic mass is 32.2. The molecule has 3 aliphatic rings. The Bertz CT molecular complexity index is 8850. The van der Waals surface area contributed by atoms with E-state index < -0.39 is 386 Å². The molecule has 0 N–H and O–H groups in total. The summed E-state index contributed by atoms with van der Waals surface area (Å²) in [4.78, 5) is 101. The Morgan fingerprint density at radius 1 is 0.396 bits per heavy atom. The maximum absolute atomic E-state index is 14.9. The number of aromatic nitrogens is 6. The summed E-state index contributed by atoms with van der Waals surface area (Å²) in [7, 11) is 0. The number of carbonyl (C=O) groups is 3. The number of carbonyl (C=O) groups excluding carboxylic acids is 3. The highest BCUT2D eigenvalue weighted by Gasteiger charge is 2.36. The van der Waals surface area contributed by atoms with Crippen LogP contribution in [0.2, 0.25) is 0 Å². The van der Waals surface area contributed by atoms with E-state index in [1.54, 1.807) is 12.1 Å². The lowest BCUT2D eigenvalue weighted by Crippen LogP contribution is -2.42. The van der Waals surface area contributed by atoms with Gasteiger partial charge < -0.3 is 43.1 Å². The summed E-state index contributed by atoms with van der Waals surface area (Å²) < 4.78 is 533. The molecule has 0 saturated heterocycles. The number of rotatable bonds is 39. The number of hydrogen-bond acceptors (Lipinski definition) is 15. The first-order valence-corrected chi connectivity index (χ1v) is 46.8. The quantitative estimate of drug-likeness (QED) is 0.0202. The van der Waals surface area contributed by atoms with Crippen molar-refractivity contribution in [3.05, 3.63) is 350 Å². The molecule has 3 unspecified atom stereocenters. The topological polar surface area (TPSA) is 175 Å². The molecule has 0 fully saturated rings. The summed E-state index contributed by atoms with van der Waals surface area (Å²) in [5.41, 5.74) is -11.6. The molecule has 0 saturated carbocycles. The number of thioether (sulfide) groups is 3. The number of amides is 3. The Hall–Kier alpha value is -11.9. The first-order chi connectivity index (χ1) is 85.2. The van der Waals surface area contributed by atoms with E-state index in [9.17, 15) is 88.3 Å². The zero-order chi connectivity index (χ0) is 141. The molecular weight excluding hydrogens is 1920 g/mol. The Kier molecular flexibility index (Phi) is 22.7. The van der Waals surface area contributed by atoms with E-state index in [4.69, 9.17) is 52.1 Å². The van der Waals surface area contributed by atoms with E-state index in [0.717, 1.165) is 118 Å². The SMILES string of the molecule is [2H]c1c([2H])c(C(F)(F)F)c([2H])c([2H])c1-c1c([2H])c([2H])c(C([2H])([2H])N(CCN(C([2H])([2H])C)C([2H])([2H])C)C(=O)Cn2c(SCc3ccc(F)cc3)nc(=O)c3c2C([2H])([2H])C([2H])(C)C3([2H])[2H])c([2H])c1[2H].[2H]c1c([2H])c(CSc2nc(=O)c3c(n2CC(=O)N(CCN(C([2H])([2H])C)C([2H])([2H])C)C([2H])(C)c2ccc(-c4ccc(C(F)(F)F)cc4)cc2)CCC3)c([2H])c([2H])c1F.[2H]c1c([2H])c(CSc2nc(=O)c3c(n2CC(=O)N(CCN(C([2H])([2H])C)C([2H])([2H])C)C([2H])([2H])c2ccc(-c4ccc(C(F)(F)F)cc4)cc2)C([2H])([2H])C([2H])(C)C3([2H])[2H])c([2H])c([2H])c1F. The van der Waals surface area contributed by atoms with Crippen LogP contribution in [0.5, 0.6) is 0 Å². The van der Waals surface area contributed by atoms with E-state index in [-0.39, 0.29) is 51.3 Å². The molecule has 0 spiro atoms. The fourth-order valence-electron chi connectivity index (χ4n) is 14.6. The number of alkyl halides is 9. The molecule has 3 atom stereocenters. The van der Waals surface area contributed by atoms with Crippen LogP contribution in [0.15, 0.2) is 248 Å². The Morgan fingerprint density at radius 3 is 1.14 bits per heavy atom. The normalized spacial score (nSPS) is 21.8. The summed E-state index contributed by atoms with van der Waals surface area (Å²) in [6.45, 7) is -18.5. The molecule has 0 aliphatic heterocycles. The van der Waals surface area contributed by atoms with Gasteiger partial charge in [0.05, 0.1) is 51.5 Å². The Balaban J connectivity index is 0.000000228. The van der Waals surface area contributed by atoms with E-state index in [2.05, 4.69) is 15.0 Å². The second-order valence-corrected chi connectivity index (χ2v) is 34.3. The largest absolute Gasteiger partial charge is 0.416 e. The number of nitrogens with zero attached hydrogens (tertiary/aromatic N) is 12. The summed E-state index contributed by atoms with van der Waals surface area (Å²) in [5.74, 6) is -13.4. The van der Waals surface area contributed by atoms with Gasteiger partial charge >= 0.3 is 18.5 Å². The van der Waals surface area contributed by atoms with Crippen LogP contribution in [0.25, 0.3) is 33.4 Å². The van der Waals surface area contributed by atoms with Gasteiger partial charge in [-0.25, -0.2) is 13.2 Å². The predicted molar refractivity (Wildman–Crippen MR) is 544 cm³/mol. The molecule has 144 heavy (non-hydrogen) atoms. The Morgan fingerprint density at radius 2 is 0.736 bits per heavy atom. The summed E-state index contributed by atoms with van der Waals surface area (Å²) >= 11 is 1.97. The second-order valence-electron chi connectivity index (χ2n) is 31.5. The average Bonchev–Trinajstić information content (AvgIpc) is 1.52. The minimum Gasteiger partial charge on any atom is -0.336 e. The van der Waals surface area contributed by atoms with Crippen LogP contribution in [-0.4, -0.2) is 154 Å². The van der Waals surface area contributed by atoms with Gasteiger partial charge in [-0.05, 0) is 242 Å². The Labute approximate surface area is 905 Å². The van der Waals surface area contributed by atoms with Crippen molar-refractivity contribution in [2.24, 2.45) is 11.8 Å². The lowest BCUT2D eigenvalue weighted by molar-refractivity contribution is -0.138. The van der Waals surface area contributed by atoms with Crippen molar-refractivity contribution in [1.82, 2.24) is 58.1 Å². The van der Waals surface area contributed by atoms with Crippen LogP contribution in [0, 0.1) is 29.2 Å². The molecule has 3 amide bonds. The fourth-order valence-corrected chi connectivity index (χ4v) is 17.3. The summed E-state index contributed by atoms with van der Waals surface area (Å²) in [5, 5.41) is -1.08. The van der Waals surface area contributed by atoms with Gasteiger partial charge in [-0.3, -0.25) is 28.8 Å². The number of benzene rings is 9. The van der Waals surface area contributed by atoms with Gasteiger partial charge in [0.2, 0.25) is 17.7 Å². The molecule has 762 valence electrons. The number of halogens is 12. The van der Waals surface area contributed by atoms with Crippen LogP contribution in [0.4, 0.5) is 52.7 Å². The highest BCUT2D eigenvalue weighted by Crippen LogP contribution is 2.39. The zero-order valence-corrected chi connectivity index (χ0v) is 80.7. The van der Waals surface area contributed by atoms with Gasteiger partial charge in [0, 0.05) is 133 Å². The third kappa shape index (κ3) is 29.3. The predicted octanol–water partition coefficient (Wildman–Crippen LogP) is 22.7. The molecule has 33 heteroatoms. The van der Waals surface area contributed by atoms with E-state index in [0.29, 0.717) is 101 Å². The standard InChI is InChI=1S/3C37H40F4N4O2S/c2*1-4-43(5-2)18-19-44(22-26-6-10-28(11-7-26)29-12-14-30(15-13-29)37(39,40)41)34(46)23-45-33-21-25(3)20-32(33)35(47)42-36(45)48-24-27-8-16-31(38)17-9-27;1-4-43(5-2)21-22-44(25(3)27-11-13-28(14-12-27)29-15-17-30(18-16-29)37(39,40)41)34(46)23-45-33-8-6-7-32(33)35(47)42-36(45)48-24-26-9-19-31(38)20-10-26/h2*6-17,25H,4-5,18-24H2,1-3H3;9-20,25H,4-8,21-24H2,1-3H3/i4D2,5D2,6D,7D,10D,11D,12D,13D,14D,15D,20D2,21D2,22D2,25D;4D2,5D2,8D,9D,16D,17D,20D2,21D2,22D2,25D;4D2,5D2,9D,10D,19D,20D,25D. The molecule has 15 rings (SSSR count). The number of fused-ring (bicyclic) bond motifs is 3. The zero-order valence-electron chi connectivity index (χ0n) is 121. The summed E-state index contributed by atoms with van der Waals surface area (Å²) in [6, 6.07) is 4.99. The molecule has 0 radical (unpaired) electrons. The van der Waals surface area contributed by atoms with Gasteiger partial charge in [0.1, 0.15) is 37.1 Å². The van der Waals surface area contributed by atoms with Crippen molar-refractivity contribution in [2.75, 3.05) is 78.2 Å². The van der Waals surface area contributed by atoms with Gasteiger partial charge in [-0.1, -0.05) is 236 Å². The smallest absolute Gasteiger partial charge is 0.336 e. The van der Waals surface area contributed by atoms with Crippen LogP contribution >= 0.6 is 35.3 Å². The average molecular weight is 2090 g/mol. The molecule has 12 aromatic rings. The van der Waals surface area contributed by atoms with Crippen molar-refractivity contribution in [2.45, 2.75) is 197 Å². The lowest BCUT2D eigenvalue weighted by Gasteiger charge is -2.33. The van der Waals surface area contributed by atoms with Gasteiger partial charge in [-0.2, -0.15) is 54.5 Å². The fraction of sp³-hybridized carbons (Fsp3) is 0.378. The molecular formula is C111H120F12N12O6S3. The lowest BCUT2D eigenvalue weighted by atomic mass is 9.99. The monoisotopic (exact) mass is 2080 g/mol. The third-order valence-corrected chi connectivity index (χ3v) is 25.1. The second kappa shape index (κ2) is 50.3. The van der Waals surface area contributed by atoms with E-state index >= 15 is 0 Å². The van der Waals surface area contributed by atoms with Crippen LogP contribution in [0.1, 0.15) is 218 Å². The molecule has 3 aromatic heterocycles. The maximum Gasteiger partial charge on any atom is 0.416 e. The molecule has 0 bridgehead atoms. The van der Waals surface area contributed by atoms with Crippen LogP contribution < -0.4 is 16.7 Å². The maximum atomic E-state index is 14.9. The first kappa shape index (κ1) is 64.9. The minimum absolute atomic E-state index is 0.000811. The van der Waals surface area contributed by atoms with Gasteiger partial charge in [-0.15, -0.1) is 0 Å². The molecule has 9 aromatic carbocycles. The third-order valence-electron chi connectivity index (χ3n) is 22.0. The molecule has 3 aliphatic carbocycles. The van der Waals surface area contributed by atoms with E-state index in [1.807, 2.05) is 0 Å². The van der Waals surface area contributed by atoms with Crippen LogP contribution in [0.3, 0.4) is 0 Å². The molecule has 3 heterocycles. The number of likely N-dealkylation sites (N-methyl/N-ethyl adjacent to an activating group) is 3.